The number of rotatable bonds is 7. The zero-order valence-corrected chi connectivity index (χ0v) is 12.3. The van der Waals surface area contributed by atoms with Crippen LogP contribution in [0.5, 0.6) is 0 Å². The second kappa shape index (κ2) is 8.29. The van der Waals surface area contributed by atoms with Crippen molar-refractivity contribution >= 4 is 5.91 Å². The van der Waals surface area contributed by atoms with Crippen LogP contribution in [0.4, 0.5) is 4.39 Å². The summed E-state index contributed by atoms with van der Waals surface area (Å²) in [7, 11) is 0. The third-order valence-electron chi connectivity index (χ3n) is 3.38. The average Bonchev–Trinajstić information content (AvgIpc) is 2.52. The monoisotopic (exact) mass is 301 g/mol. The third kappa shape index (κ3) is 5.66. The van der Waals surface area contributed by atoms with Crippen LogP contribution in [0.15, 0.2) is 54.6 Å². The molecule has 1 amide bonds. The lowest BCUT2D eigenvalue weighted by atomic mass is 10.1. The van der Waals surface area contributed by atoms with Gasteiger partial charge in [-0.2, -0.15) is 0 Å². The molecule has 22 heavy (non-hydrogen) atoms. The van der Waals surface area contributed by atoms with Gasteiger partial charge in [-0.3, -0.25) is 4.79 Å². The lowest BCUT2D eigenvalue weighted by Crippen LogP contribution is -2.33. The Labute approximate surface area is 129 Å². The topological polar surface area (TPSA) is 49.3 Å². The first-order chi connectivity index (χ1) is 10.6. The summed E-state index contributed by atoms with van der Waals surface area (Å²) >= 11 is 0. The number of carbonyl (C=O) groups is 1. The summed E-state index contributed by atoms with van der Waals surface area (Å²) in [6.45, 7) is 0.219. The van der Waals surface area contributed by atoms with Gasteiger partial charge in [0, 0.05) is 19.4 Å². The number of hydrogen-bond donors (Lipinski definition) is 2. The second-order valence-electron chi connectivity index (χ2n) is 5.28. The molecule has 0 aliphatic carbocycles. The zero-order valence-electron chi connectivity index (χ0n) is 12.3. The minimum absolute atomic E-state index is 0.142. The van der Waals surface area contributed by atoms with E-state index in [9.17, 15) is 14.3 Å². The fourth-order valence-electron chi connectivity index (χ4n) is 2.23. The van der Waals surface area contributed by atoms with Crippen molar-refractivity contribution in [2.24, 2.45) is 0 Å². The van der Waals surface area contributed by atoms with Gasteiger partial charge in [-0.1, -0.05) is 42.5 Å². The SMILES string of the molecule is O=C(CCc1cccc(F)c1)NCC(O)Cc1ccccc1. The van der Waals surface area contributed by atoms with E-state index in [0.29, 0.717) is 12.8 Å². The molecule has 0 saturated heterocycles. The van der Waals surface area contributed by atoms with Gasteiger partial charge in [0.1, 0.15) is 5.82 Å². The maximum atomic E-state index is 13.0. The number of hydrogen-bond acceptors (Lipinski definition) is 2. The van der Waals surface area contributed by atoms with Crippen LogP contribution in [-0.2, 0) is 17.6 Å². The molecule has 116 valence electrons. The van der Waals surface area contributed by atoms with Crippen molar-refractivity contribution in [3.05, 3.63) is 71.5 Å². The third-order valence-corrected chi connectivity index (χ3v) is 3.38. The molecular formula is C18H20FNO2. The summed E-state index contributed by atoms with van der Waals surface area (Å²) in [6, 6.07) is 15.9. The van der Waals surface area contributed by atoms with E-state index in [2.05, 4.69) is 5.32 Å². The van der Waals surface area contributed by atoms with Crippen LogP contribution < -0.4 is 5.32 Å². The molecule has 1 unspecified atom stereocenters. The summed E-state index contributed by atoms with van der Waals surface area (Å²) in [5, 5.41) is 12.6. The summed E-state index contributed by atoms with van der Waals surface area (Å²) in [4.78, 5) is 11.7. The van der Waals surface area contributed by atoms with Crippen LogP contribution in [0.1, 0.15) is 17.5 Å². The number of aryl methyl sites for hydroxylation is 1. The predicted octanol–water partition coefficient (Wildman–Crippen LogP) is 2.48. The maximum absolute atomic E-state index is 13.0. The molecule has 2 aromatic carbocycles. The van der Waals surface area contributed by atoms with E-state index in [1.165, 1.54) is 12.1 Å². The number of benzene rings is 2. The van der Waals surface area contributed by atoms with Gasteiger partial charge in [-0.15, -0.1) is 0 Å². The van der Waals surface area contributed by atoms with Gasteiger partial charge in [-0.25, -0.2) is 4.39 Å². The fraction of sp³-hybridized carbons (Fsp3) is 0.278. The minimum atomic E-state index is -0.611. The Balaban J connectivity index is 1.69. The highest BCUT2D eigenvalue weighted by Gasteiger charge is 2.08. The smallest absolute Gasteiger partial charge is 0.220 e. The largest absolute Gasteiger partial charge is 0.391 e. The minimum Gasteiger partial charge on any atom is -0.391 e. The first-order valence-electron chi connectivity index (χ1n) is 7.36. The van der Waals surface area contributed by atoms with Gasteiger partial charge >= 0.3 is 0 Å². The lowest BCUT2D eigenvalue weighted by molar-refractivity contribution is -0.121. The molecule has 0 saturated carbocycles. The average molecular weight is 301 g/mol. The van der Waals surface area contributed by atoms with E-state index in [0.717, 1.165) is 11.1 Å². The Morgan fingerprint density at radius 1 is 1.09 bits per heavy atom. The van der Waals surface area contributed by atoms with Crippen LogP contribution in [0.25, 0.3) is 0 Å². The van der Waals surface area contributed by atoms with Crippen molar-refractivity contribution < 1.29 is 14.3 Å². The van der Waals surface area contributed by atoms with Crippen molar-refractivity contribution in [3.63, 3.8) is 0 Å². The maximum Gasteiger partial charge on any atom is 0.220 e. The molecule has 2 aromatic rings. The first kappa shape index (κ1) is 16.2. The predicted molar refractivity (Wildman–Crippen MR) is 83.9 cm³/mol. The van der Waals surface area contributed by atoms with Gasteiger partial charge in [0.05, 0.1) is 6.10 Å². The van der Waals surface area contributed by atoms with Crippen molar-refractivity contribution in [1.29, 1.82) is 0 Å². The molecule has 0 aromatic heterocycles. The molecule has 2 N–H and O–H groups in total. The highest BCUT2D eigenvalue weighted by atomic mass is 19.1. The summed E-state index contributed by atoms with van der Waals surface area (Å²) in [5.41, 5.74) is 1.82. The lowest BCUT2D eigenvalue weighted by Gasteiger charge is -2.12. The number of carbonyl (C=O) groups excluding carboxylic acids is 1. The summed E-state index contributed by atoms with van der Waals surface area (Å²) < 4.78 is 13.0. The van der Waals surface area contributed by atoms with E-state index in [1.54, 1.807) is 12.1 Å². The van der Waals surface area contributed by atoms with Gasteiger partial charge in [0.25, 0.3) is 0 Å². The van der Waals surface area contributed by atoms with Crippen molar-refractivity contribution in [3.8, 4) is 0 Å². The van der Waals surface area contributed by atoms with Crippen molar-refractivity contribution in [2.45, 2.75) is 25.4 Å². The Morgan fingerprint density at radius 3 is 2.55 bits per heavy atom. The van der Waals surface area contributed by atoms with E-state index >= 15 is 0 Å². The molecule has 0 aliphatic heterocycles. The second-order valence-corrected chi connectivity index (χ2v) is 5.28. The molecule has 0 aliphatic rings. The van der Waals surface area contributed by atoms with Crippen LogP contribution >= 0.6 is 0 Å². The van der Waals surface area contributed by atoms with E-state index in [1.807, 2.05) is 30.3 Å². The number of halogens is 1. The van der Waals surface area contributed by atoms with Gasteiger partial charge in [0.2, 0.25) is 5.91 Å². The Kier molecular flexibility index (Phi) is 6.10. The van der Waals surface area contributed by atoms with E-state index < -0.39 is 6.10 Å². The molecule has 2 rings (SSSR count). The highest BCUT2D eigenvalue weighted by molar-refractivity contribution is 5.76. The zero-order chi connectivity index (χ0) is 15.8. The van der Waals surface area contributed by atoms with Gasteiger partial charge in [0.15, 0.2) is 0 Å². The van der Waals surface area contributed by atoms with Crippen molar-refractivity contribution in [2.75, 3.05) is 6.54 Å². The molecule has 3 nitrogen and oxygen atoms in total. The molecule has 4 heteroatoms. The van der Waals surface area contributed by atoms with E-state index in [-0.39, 0.29) is 24.7 Å². The Bertz CT molecular complexity index is 601. The molecule has 1 atom stereocenters. The summed E-state index contributed by atoms with van der Waals surface area (Å²) in [6.07, 6.45) is 0.658. The molecule has 0 spiro atoms. The number of nitrogens with one attached hydrogen (secondary N) is 1. The number of aliphatic hydroxyl groups is 1. The normalized spacial score (nSPS) is 11.9. The Morgan fingerprint density at radius 2 is 1.82 bits per heavy atom. The van der Waals surface area contributed by atoms with Gasteiger partial charge in [-0.05, 0) is 29.7 Å². The van der Waals surface area contributed by atoms with E-state index in [4.69, 9.17) is 0 Å². The summed E-state index contributed by atoms with van der Waals surface area (Å²) in [5.74, 6) is -0.437. The Hall–Kier alpha value is -2.20. The van der Waals surface area contributed by atoms with Crippen LogP contribution in [0, 0.1) is 5.82 Å². The number of aliphatic hydroxyl groups excluding tert-OH is 1. The van der Waals surface area contributed by atoms with Crippen LogP contribution in [0.2, 0.25) is 0 Å². The van der Waals surface area contributed by atoms with Crippen LogP contribution in [-0.4, -0.2) is 23.7 Å². The highest BCUT2D eigenvalue weighted by Crippen LogP contribution is 2.06. The van der Waals surface area contributed by atoms with Crippen LogP contribution in [0.3, 0.4) is 0 Å². The van der Waals surface area contributed by atoms with Gasteiger partial charge < -0.3 is 10.4 Å². The van der Waals surface area contributed by atoms with Crippen molar-refractivity contribution in [1.82, 2.24) is 5.32 Å². The fourth-order valence-corrected chi connectivity index (χ4v) is 2.23. The molecule has 0 radical (unpaired) electrons. The standard InChI is InChI=1S/C18H20FNO2/c19-16-8-4-7-15(11-16)9-10-18(22)20-13-17(21)12-14-5-2-1-3-6-14/h1-8,11,17,21H,9-10,12-13H2,(H,20,22). The molecule has 0 bridgehead atoms. The number of amides is 1. The quantitative estimate of drug-likeness (QED) is 0.825. The molecular weight excluding hydrogens is 281 g/mol. The molecule has 0 fully saturated rings. The molecule has 0 heterocycles. The first-order valence-corrected chi connectivity index (χ1v) is 7.36.